The van der Waals surface area contributed by atoms with Crippen LogP contribution in [0.25, 0.3) is 10.9 Å². The Bertz CT molecular complexity index is 741. The Hall–Kier alpha value is -2.25. The average molecular weight is 326 g/mol. The normalized spacial score (nSPS) is 9.87. The highest BCUT2D eigenvalue weighted by atomic mass is 32.2. The summed E-state index contributed by atoms with van der Waals surface area (Å²) in [6.45, 7) is 0. The van der Waals surface area contributed by atoms with Crippen molar-refractivity contribution >= 4 is 41.4 Å². The molecular weight excluding hydrogens is 309 g/mol. The second kappa shape index (κ2) is 8.40. The molecule has 0 atom stereocenters. The SMILES string of the molecule is COc1cccc2ncnc(N)c12.CSc1ccc([B]O)cc1. The van der Waals surface area contributed by atoms with Crippen molar-refractivity contribution in [3.05, 3.63) is 48.8 Å². The van der Waals surface area contributed by atoms with Crippen LogP contribution in [0.15, 0.2) is 53.7 Å². The molecule has 3 aromatic rings. The van der Waals surface area contributed by atoms with Crippen LogP contribution in [0.1, 0.15) is 0 Å². The van der Waals surface area contributed by atoms with Crippen LogP contribution in [-0.2, 0) is 0 Å². The second-order valence-electron chi connectivity index (χ2n) is 4.52. The van der Waals surface area contributed by atoms with E-state index >= 15 is 0 Å². The zero-order valence-corrected chi connectivity index (χ0v) is 13.7. The van der Waals surface area contributed by atoms with Crippen LogP contribution in [0.4, 0.5) is 5.82 Å². The topological polar surface area (TPSA) is 81.3 Å². The molecule has 3 N–H and O–H groups in total. The summed E-state index contributed by atoms with van der Waals surface area (Å²) in [5.74, 6) is 1.15. The molecular formula is C16H17BN3O2S. The number of nitrogens with zero attached hydrogens (tertiary/aromatic N) is 2. The lowest BCUT2D eigenvalue weighted by Crippen LogP contribution is -2.11. The third-order valence-electron chi connectivity index (χ3n) is 3.14. The summed E-state index contributed by atoms with van der Waals surface area (Å²) in [4.78, 5) is 9.20. The lowest BCUT2D eigenvalue weighted by atomic mass is 9.89. The monoisotopic (exact) mass is 326 g/mol. The lowest BCUT2D eigenvalue weighted by molar-refractivity contribution is 0.420. The molecule has 0 spiro atoms. The fourth-order valence-electron chi connectivity index (χ4n) is 1.96. The Morgan fingerprint density at radius 1 is 1.13 bits per heavy atom. The molecule has 0 aliphatic heterocycles. The van der Waals surface area contributed by atoms with Crippen molar-refractivity contribution < 1.29 is 9.76 Å². The van der Waals surface area contributed by atoms with Crippen molar-refractivity contribution in [1.82, 2.24) is 9.97 Å². The van der Waals surface area contributed by atoms with Gasteiger partial charge >= 0.3 is 7.48 Å². The van der Waals surface area contributed by atoms with Crippen molar-refractivity contribution in [3.8, 4) is 5.75 Å². The molecule has 0 aliphatic rings. The largest absolute Gasteiger partial charge is 0.496 e. The molecule has 5 nitrogen and oxygen atoms in total. The fraction of sp³-hybridized carbons (Fsp3) is 0.125. The molecule has 0 aliphatic carbocycles. The number of rotatable bonds is 3. The van der Waals surface area contributed by atoms with Gasteiger partial charge in [0.05, 0.1) is 18.0 Å². The number of nitrogen functional groups attached to an aromatic ring is 1. The molecule has 117 valence electrons. The first kappa shape index (κ1) is 17.1. The quantitative estimate of drug-likeness (QED) is 0.565. The summed E-state index contributed by atoms with van der Waals surface area (Å²) in [6, 6.07) is 13.3. The Kier molecular flexibility index (Phi) is 6.25. The zero-order chi connectivity index (χ0) is 16.7. The van der Waals surface area contributed by atoms with Gasteiger partial charge in [-0.2, -0.15) is 0 Å². The maximum absolute atomic E-state index is 8.57. The van der Waals surface area contributed by atoms with Crippen LogP contribution >= 0.6 is 11.8 Å². The predicted octanol–water partition coefficient (Wildman–Crippen LogP) is 1.87. The molecule has 1 aromatic heterocycles. The molecule has 1 heterocycles. The van der Waals surface area contributed by atoms with Gasteiger partial charge < -0.3 is 15.5 Å². The lowest BCUT2D eigenvalue weighted by Gasteiger charge is -2.05. The molecule has 0 fully saturated rings. The van der Waals surface area contributed by atoms with Crippen molar-refractivity contribution in [2.24, 2.45) is 0 Å². The van der Waals surface area contributed by atoms with E-state index in [9.17, 15) is 0 Å². The number of thioether (sulfide) groups is 1. The summed E-state index contributed by atoms with van der Waals surface area (Å²) in [7, 11) is 2.70. The van der Waals surface area contributed by atoms with E-state index in [0.29, 0.717) is 11.6 Å². The molecule has 1 radical (unpaired) electrons. The van der Waals surface area contributed by atoms with E-state index in [1.54, 1.807) is 18.9 Å². The number of hydrogen-bond acceptors (Lipinski definition) is 6. The van der Waals surface area contributed by atoms with Gasteiger partial charge in [-0.1, -0.05) is 23.7 Å². The van der Waals surface area contributed by atoms with Gasteiger partial charge in [-0.25, -0.2) is 9.97 Å². The van der Waals surface area contributed by atoms with Gasteiger partial charge in [0, 0.05) is 4.90 Å². The summed E-state index contributed by atoms with van der Waals surface area (Å²) in [6.07, 6.45) is 3.47. The van der Waals surface area contributed by atoms with Gasteiger partial charge in [-0.15, -0.1) is 11.8 Å². The number of methoxy groups -OCH3 is 1. The van der Waals surface area contributed by atoms with Crippen LogP contribution in [-0.4, -0.2) is 35.8 Å². The van der Waals surface area contributed by atoms with E-state index in [1.807, 2.05) is 48.7 Å². The van der Waals surface area contributed by atoms with Gasteiger partial charge in [-0.05, 0) is 30.5 Å². The van der Waals surface area contributed by atoms with E-state index < -0.39 is 0 Å². The Balaban J connectivity index is 0.000000174. The van der Waals surface area contributed by atoms with E-state index in [4.69, 9.17) is 15.5 Å². The predicted molar refractivity (Wildman–Crippen MR) is 96.3 cm³/mol. The Morgan fingerprint density at radius 2 is 1.87 bits per heavy atom. The van der Waals surface area contributed by atoms with E-state index in [-0.39, 0.29) is 0 Å². The molecule has 0 saturated heterocycles. The third kappa shape index (κ3) is 4.37. The standard InChI is InChI=1S/C9H9N3O.C7H8BOS/c1-13-7-4-2-3-6-8(7)9(10)12-5-11-6;1-10-7-4-2-6(8-9)3-5-7/h2-5H,1H3,(H2,10,11,12);2-5,9H,1H3. The first-order valence-electron chi connectivity index (χ1n) is 6.84. The smallest absolute Gasteiger partial charge is 0.326 e. The van der Waals surface area contributed by atoms with Crippen molar-refractivity contribution in [1.29, 1.82) is 0 Å². The summed E-state index contributed by atoms with van der Waals surface area (Å²) >= 11 is 1.69. The van der Waals surface area contributed by atoms with Crippen molar-refractivity contribution in [3.63, 3.8) is 0 Å². The van der Waals surface area contributed by atoms with Crippen LogP contribution in [0.3, 0.4) is 0 Å². The number of benzene rings is 2. The summed E-state index contributed by atoms with van der Waals surface area (Å²) < 4.78 is 5.15. The van der Waals surface area contributed by atoms with E-state index in [2.05, 4.69) is 9.97 Å². The molecule has 0 bridgehead atoms. The summed E-state index contributed by atoms with van der Waals surface area (Å²) in [5, 5.41) is 9.34. The molecule has 0 amide bonds. The highest BCUT2D eigenvalue weighted by Crippen LogP contribution is 2.26. The minimum absolute atomic E-state index is 0.447. The first-order chi connectivity index (χ1) is 11.2. The number of fused-ring (bicyclic) bond motifs is 1. The van der Waals surface area contributed by atoms with Crippen molar-refractivity contribution in [2.45, 2.75) is 4.90 Å². The Labute approximate surface area is 140 Å². The average Bonchev–Trinajstić information content (AvgIpc) is 2.62. The van der Waals surface area contributed by atoms with Crippen LogP contribution in [0.2, 0.25) is 0 Å². The number of ether oxygens (including phenoxy) is 1. The minimum atomic E-state index is 0.447. The second-order valence-corrected chi connectivity index (χ2v) is 5.40. The highest BCUT2D eigenvalue weighted by Gasteiger charge is 2.05. The van der Waals surface area contributed by atoms with Crippen LogP contribution in [0.5, 0.6) is 5.75 Å². The fourth-order valence-corrected chi connectivity index (χ4v) is 2.37. The van der Waals surface area contributed by atoms with E-state index in [1.165, 1.54) is 11.2 Å². The molecule has 0 saturated carbocycles. The first-order valence-corrected chi connectivity index (χ1v) is 8.06. The number of aromatic nitrogens is 2. The minimum Gasteiger partial charge on any atom is -0.496 e. The number of anilines is 1. The maximum atomic E-state index is 8.57. The third-order valence-corrected chi connectivity index (χ3v) is 3.88. The molecule has 7 heteroatoms. The van der Waals surface area contributed by atoms with Gasteiger partial charge in [0.25, 0.3) is 0 Å². The number of hydrogen-bond donors (Lipinski definition) is 2. The van der Waals surface area contributed by atoms with Gasteiger partial charge in [0.15, 0.2) is 0 Å². The number of nitrogens with two attached hydrogens (primary N) is 1. The maximum Gasteiger partial charge on any atom is 0.326 e. The van der Waals surface area contributed by atoms with Gasteiger partial charge in [0.1, 0.15) is 17.9 Å². The molecule has 2 aromatic carbocycles. The summed E-state index contributed by atoms with van der Waals surface area (Å²) in [5.41, 5.74) is 7.34. The molecule has 3 rings (SSSR count). The van der Waals surface area contributed by atoms with Crippen LogP contribution < -0.4 is 15.9 Å². The van der Waals surface area contributed by atoms with E-state index in [0.717, 1.165) is 23.8 Å². The van der Waals surface area contributed by atoms with Gasteiger partial charge in [0.2, 0.25) is 0 Å². The van der Waals surface area contributed by atoms with Crippen LogP contribution in [0, 0.1) is 0 Å². The molecule has 0 unspecified atom stereocenters. The van der Waals surface area contributed by atoms with Gasteiger partial charge in [-0.3, -0.25) is 0 Å². The Morgan fingerprint density at radius 3 is 2.48 bits per heavy atom. The molecule has 23 heavy (non-hydrogen) atoms. The zero-order valence-electron chi connectivity index (χ0n) is 12.9. The highest BCUT2D eigenvalue weighted by molar-refractivity contribution is 7.98. The van der Waals surface area contributed by atoms with Crippen molar-refractivity contribution in [2.75, 3.05) is 19.1 Å².